The van der Waals surface area contributed by atoms with Crippen molar-refractivity contribution in [2.75, 3.05) is 13.3 Å². The first kappa shape index (κ1) is 16.4. The van der Waals surface area contributed by atoms with Crippen LogP contribution in [-0.4, -0.2) is 33.9 Å². The molecule has 1 aromatic carbocycles. The van der Waals surface area contributed by atoms with Crippen LogP contribution >= 0.6 is 0 Å². The molecule has 0 saturated carbocycles. The molecule has 0 bridgehead atoms. The van der Waals surface area contributed by atoms with E-state index in [1.165, 1.54) is 0 Å². The van der Waals surface area contributed by atoms with Crippen molar-refractivity contribution in [1.29, 1.82) is 0 Å². The molecule has 0 radical (unpaired) electrons. The smallest absolute Gasteiger partial charge is 0.231 e. The van der Waals surface area contributed by atoms with Crippen molar-refractivity contribution in [3.8, 4) is 11.5 Å². The summed E-state index contributed by atoms with van der Waals surface area (Å²) in [5, 5.41) is 4.39. The maximum atomic E-state index is 12.7. The number of nitrogens with zero attached hydrogens (tertiary/aromatic N) is 3. The van der Waals surface area contributed by atoms with E-state index >= 15 is 0 Å². The maximum Gasteiger partial charge on any atom is 0.231 e. The Balaban J connectivity index is 1.72. The van der Waals surface area contributed by atoms with Crippen molar-refractivity contribution in [3.05, 3.63) is 40.7 Å². The van der Waals surface area contributed by atoms with Crippen LogP contribution in [0, 0.1) is 13.8 Å². The van der Waals surface area contributed by atoms with E-state index in [4.69, 9.17) is 9.47 Å². The molecular weight excluding hydrogens is 306 g/mol. The number of hydrogen-bond acceptors (Lipinski definition) is 4. The van der Waals surface area contributed by atoms with Gasteiger partial charge in [-0.2, -0.15) is 5.10 Å². The zero-order chi connectivity index (χ0) is 17.3. The van der Waals surface area contributed by atoms with Gasteiger partial charge >= 0.3 is 0 Å². The minimum Gasteiger partial charge on any atom is -0.454 e. The van der Waals surface area contributed by atoms with Crippen molar-refractivity contribution >= 4 is 5.91 Å². The Labute approximate surface area is 142 Å². The highest BCUT2D eigenvalue weighted by Crippen LogP contribution is 2.32. The Bertz CT molecular complexity index is 767. The van der Waals surface area contributed by atoms with Gasteiger partial charge in [-0.1, -0.05) is 6.07 Å². The first-order valence-corrected chi connectivity index (χ1v) is 8.15. The van der Waals surface area contributed by atoms with Gasteiger partial charge in [-0.15, -0.1) is 0 Å². The molecule has 6 nitrogen and oxygen atoms in total. The average Bonchev–Trinajstić information content (AvgIpc) is 3.12. The molecule has 0 spiro atoms. The van der Waals surface area contributed by atoms with Crippen LogP contribution in [0.1, 0.15) is 29.4 Å². The zero-order valence-corrected chi connectivity index (χ0v) is 14.6. The van der Waals surface area contributed by atoms with Crippen LogP contribution in [0.25, 0.3) is 0 Å². The minimum absolute atomic E-state index is 0.106. The van der Waals surface area contributed by atoms with E-state index in [-0.39, 0.29) is 12.7 Å². The number of aromatic nitrogens is 2. The Morgan fingerprint density at radius 1 is 1.29 bits per heavy atom. The Morgan fingerprint density at radius 3 is 2.71 bits per heavy atom. The van der Waals surface area contributed by atoms with Gasteiger partial charge in [0, 0.05) is 31.4 Å². The van der Waals surface area contributed by atoms with Crippen LogP contribution in [0.4, 0.5) is 0 Å². The molecule has 1 amide bonds. The van der Waals surface area contributed by atoms with E-state index in [1.807, 2.05) is 55.6 Å². The lowest BCUT2D eigenvalue weighted by Crippen LogP contribution is -2.31. The van der Waals surface area contributed by atoms with E-state index in [2.05, 4.69) is 5.10 Å². The standard InChI is InChI=1S/C18H23N3O3/c1-5-21(10-14-6-7-16-17(8-14)24-11-23-16)18(22)9-15-12(2)19-20(4)13(15)3/h6-8H,5,9-11H2,1-4H3. The first-order chi connectivity index (χ1) is 11.5. The van der Waals surface area contributed by atoms with Gasteiger partial charge in [-0.25, -0.2) is 0 Å². The molecule has 2 heterocycles. The summed E-state index contributed by atoms with van der Waals surface area (Å²) >= 11 is 0. The molecule has 24 heavy (non-hydrogen) atoms. The quantitative estimate of drug-likeness (QED) is 0.845. The average molecular weight is 329 g/mol. The fraction of sp³-hybridized carbons (Fsp3) is 0.444. The Hall–Kier alpha value is -2.50. The fourth-order valence-electron chi connectivity index (χ4n) is 2.97. The fourth-order valence-corrected chi connectivity index (χ4v) is 2.97. The Kier molecular flexibility index (Phi) is 4.46. The lowest BCUT2D eigenvalue weighted by molar-refractivity contribution is -0.130. The number of ether oxygens (including phenoxy) is 2. The predicted octanol–water partition coefficient (Wildman–Crippen LogP) is 2.36. The van der Waals surface area contributed by atoms with Gasteiger partial charge in [-0.3, -0.25) is 9.48 Å². The summed E-state index contributed by atoms with van der Waals surface area (Å²) in [6.07, 6.45) is 0.379. The van der Waals surface area contributed by atoms with E-state index in [1.54, 1.807) is 0 Å². The highest BCUT2D eigenvalue weighted by molar-refractivity contribution is 5.79. The van der Waals surface area contributed by atoms with Crippen molar-refractivity contribution in [3.63, 3.8) is 0 Å². The number of fused-ring (bicyclic) bond motifs is 1. The van der Waals surface area contributed by atoms with Crippen LogP contribution in [0.2, 0.25) is 0 Å². The second-order valence-corrected chi connectivity index (χ2v) is 6.05. The second kappa shape index (κ2) is 6.55. The van der Waals surface area contributed by atoms with E-state index in [9.17, 15) is 4.79 Å². The van der Waals surface area contributed by atoms with Crippen molar-refractivity contribution < 1.29 is 14.3 Å². The van der Waals surface area contributed by atoms with Gasteiger partial charge in [0.05, 0.1) is 12.1 Å². The van der Waals surface area contributed by atoms with Crippen LogP contribution < -0.4 is 9.47 Å². The second-order valence-electron chi connectivity index (χ2n) is 6.05. The molecule has 2 aromatic rings. The number of carbonyl (C=O) groups is 1. The lowest BCUT2D eigenvalue weighted by Gasteiger charge is -2.21. The lowest BCUT2D eigenvalue weighted by atomic mass is 10.1. The summed E-state index contributed by atoms with van der Waals surface area (Å²) in [5.74, 6) is 1.61. The third-order valence-corrected chi connectivity index (χ3v) is 4.53. The molecule has 128 valence electrons. The predicted molar refractivity (Wildman–Crippen MR) is 90.0 cm³/mol. The molecule has 0 aliphatic carbocycles. The number of benzene rings is 1. The minimum atomic E-state index is 0.106. The third-order valence-electron chi connectivity index (χ3n) is 4.53. The van der Waals surface area contributed by atoms with Crippen molar-refractivity contribution in [2.24, 2.45) is 7.05 Å². The number of aryl methyl sites for hydroxylation is 2. The summed E-state index contributed by atoms with van der Waals surface area (Å²) in [4.78, 5) is 14.6. The van der Waals surface area contributed by atoms with Crippen molar-refractivity contribution in [2.45, 2.75) is 33.7 Å². The molecular formula is C18H23N3O3. The first-order valence-electron chi connectivity index (χ1n) is 8.15. The van der Waals surface area contributed by atoms with Crippen molar-refractivity contribution in [1.82, 2.24) is 14.7 Å². The van der Waals surface area contributed by atoms with E-state index in [0.717, 1.165) is 34.0 Å². The molecule has 1 aliphatic rings. The molecule has 0 unspecified atom stereocenters. The van der Waals surface area contributed by atoms with Gasteiger partial charge in [0.15, 0.2) is 11.5 Å². The van der Waals surface area contributed by atoms with Crippen LogP contribution in [-0.2, 0) is 24.8 Å². The van der Waals surface area contributed by atoms with Gasteiger partial charge < -0.3 is 14.4 Å². The zero-order valence-electron chi connectivity index (χ0n) is 14.6. The van der Waals surface area contributed by atoms with Crippen LogP contribution in [0.3, 0.4) is 0 Å². The number of hydrogen-bond donors (Lipinski definition) is 0. The van der Waals surface area contributed by atoms with Gasteiger partial charge in [0.2, 0.25) is 12.7 Å². The SMILES string of the molecule is CCN(Cc1ccc2c(c1)OCO2)C(=O)Cc1c(C)nn(C)c1C. The monoisotopic (exact) mass is 329 g/mol. The number of likely N-dealkylation sites (N-methyl/N-ethyl adjacent to an activating group) is 1. The number of rotatable bonds is 5. The summed E-state index contributed by atoms with van der Waals surface area (Å²) in [6.45, 7) is 7.42. The van der Waals surface area contributed by atoms with E-state index in [0.29, 0.717) is 19.5 Å². The molecule has 0 N–H and O–H groups in total. The highest BCUT2D eigenvalue weighted by atomic mass is 16.7. The molecule has 0 atom stereocenters. The summed E-state index contributed by atoms with van der Waals surface area (Å²) < 4.78 is 12.6. The number of carbonyl (C=O) groups excluding carboxylic acids is 1. The summed E-state index contributed by atoms with van der Waals surface area (Å²) in [7, 11) is 1.90. The molecule has 1 aliphatic heterocycles. The van der Waals surface area contributed by atoms with E-state index < -0.39 is 0 Å². The highest BCUT2D eigenvalue weighted by Gasteiger charge is 2.19. The topological polar surface area (TPSA) is 56.6 Å². The molecule has 1 aromatic heterocycles. The Morgan fingerprint density at radius 2 is 2.04 bits per heavy atom. The summed E-state index contributed by atoms with van der Waals surface area (Å²) in [5.41, 5.74) is 4.02. The molecule has 3 rings (SSSR count). The van der Waals surface area contributed by atoms with Crippen LogP contribution in [0.15, 0.2) is 18.2 Å². The normalized spacial score (nSPS) is 12.5. The maximum absolute atomic E-state index is 12.7. The molecule has 6 heteroatoms. The molecule has 0 saturated heterocycles. The van der Waals surface area contributed by atoms with Gasteiger partial charge in [0.25, 0.3) is 0 Å². The van der Waals surface area contributed by atoms with Crippen LogP contribution in [0.5, 0.6) is 11.5 Å². The van der Waals surface area contributed by atoms with Gasteiger partial charge in [-0.05, 0) is 38.5 Å². The summed E-state index contributed by atoms with van der Waals surface area (Å²) in [6, 6.07) is 5.81. The van der Waals surface area contributed by atoms with Gasteiger partial charge in [0.1, 0.15) is 0 Å². The molecule has 0 fully saturated rings. The third kappa shape index (κ3) is 3.09. The number of amides is 1. The largest absolute Gasteiger partial charge is 0.454 e.